The molecular formula is C15H13NO2S. The first-order chi connectivity index (χ1) is 9.24. The maximum absolute atomic E-state index is 10.7. The Morgan fingerprint density at radius 2 is 1.89 bits per heavy atom. The molecule has 0 atom stereocenters. The van der Waals surface area contributed by atoms with Gasteiger partial charge >= 0.3 is 0 Å². The van der Waals surface area contributed by atoms with E-state index in [9.17, 15) is 4.79 Å². The molecule has 0 fully saturated rings. The van der Waals surface area contributed by atoms with Gasteiger partial charge in [-0.2, -0.15) is 0 Å². The number of hydrogen-bond acceptors (Lipinski definition) is 3. The average molecular weight is 271 g/mol. The number of fused-ring (bicyclic) bond motifs is 3. The van der Waals surface area contributed by atoms with Crippen molar-refractivity contribution in [2.75, 3.05) is 5.75 Å². The highest BCUT2D eigenvalue weighted by molar-refractivity contribution is 7.99. The number of nitrogens with two attached hydrogens (primary N) is 1. The average Bonchev–Trinajstić information content (AvgIpc) is 2.76. The summed E-state index contributed by atoms with van der Waals surface area (Å²) in [5, 5.41) is 2.24. The molecule has 0 aliphatic heterocycles. The lowest BCUT2D eigenvalue weighted by Gasteiger charge is -2.00. The first-order valence-electron chi connectivity index (χ1n) is 6.00. The van der Waals surface area contributed by atoms with E-state index in [1.807, 2.05) is 30.3 Å². The number of carbonyl (C=O) groups excluding carboxylic acids is 1. The second-order valence-electron chi connectivity index (χ2n) is 4.39. The lowest BCUT2D eigenvalue weighted by Crippen LogP contribution is -2.13. The smallest absolute Gasteiger partial charge is 0.227 e. The van der Waals surface area contributed by atoms with Gasteiger partial charge in [0, 0.05) is 16.5 Å². The van der Waals surface area contributed by atoms with E-state index >= 15 is 0 Å². The topological polar surface area (TPSA) is 56.2 Å². The first kappa shape index (κ1) is 12.1. The summed E-state index contributed by atoms with van der Waals surface area (Å²) in [4.78, 5) is 10.7. The molecule has 96 valence electrons. The van der Waals surface area contributed by atoms with E-state index in [0.717, 1.165) is 27.7 Å². The third kappa shape index (κ3) is 2.44. The van der Waals surface area contributed by atoms with E-state index in [4.69, 9.17) is 10.2 Å². The Balaban J connectivity index is 1.95. The number of primary amides is 1. The van der Waals surface area contributed by atoms with Crippen LogP contribution in [0.1, 0.15) is 5.56 Å². The van der Waals surface area contributed by atoms with Gasteiger partial charge in [0.25, 0.3) is 0 Å². The van der Waals surface area contributed by atoms with Crippen LogP contribution in [0.4, 0.5) is 0 Å². The van der Waals surface area contributed by atoms with Crippen LogP contribution < -0.4 is 5.73 Å². The molecule has 3 nitrogen and oxygen atoms in total. The summed E-state index contributed by atoms with van der Waals surface area (Å²) in [6, 6.07) is 14.1. The van der Waals surface area contributed by atoms with Crippen molar-refractivity contribution in [1.82, 2.24) is 0 Å². The van der Waals surface area contributed by atoms with Crippen molar-refractivity contribution in [3.05, 3.63) is 48.0 Å². The Hall–Kier alpha value is -1.94. The summed E-state index contributed by atoms with van der Waals surface area (Å²) < 4.78 is 5.77. The zero-order chi connectivity index (χ0) is 13.2. The van der Waals surface area contributed by atoms with Crippen molar-refractivity contribution in [2.45, 2.75) is 5.75 Å². The molecular weight excluding hydrogens is 258 g/mol. The number of furan rings is 1. The molecule has 0 radical (unpaired) electrons. The Morgan fingerprint density at radius 1 is 1.11 bits per heavy atom. The van der Waals surface area contributed by atoms with Crippen molar-refractivity contribution >= 4 is 39.6 Å². The van der Waals surface area contributed by atoms with Crippen LogP contribution in [0.3, 0.4) is 0 Å². The molecule has 3 rings (SSSR count). The van der Waals surface area contributed by atoms with Gasteiger partial charge < -0.3 is 10.2 Å². The fraction of sp³-hybridized carbons (Fsp3) is 0.133. The highest BCUT2D eigenvalue weighted by atomic mass is 32.2. The molecule has 1 heterocycles. The number of benzene rings is 2. The number of rotatable bonds is 4. The summed E-state index contributed by atoms with van der Waals surface area (Å²) in [5.41, 5.74) is 8.10. The normalized spacial score (nSPS) is 11.2. The first-order valence-corrected chi connectivity index (χ1v) is 7.16. The molecule has 19 heavy (non-hydrogen) atoms. The molecule has 1 amide bonds. The lowest BCUT2D eigenvalue weighted by molar-refractivity contribution is -0.115. The SMILES string of the molecule is NC(=O)CSCc1ccc2oc3ccccc3c2c1. The van der Waals surface area contributed by atoms with E-state index < -0.39 is 0 Å². The summed E-state index contributed by atoms with van der Waals surface area (Å²) in [5.74, 6) is 0.850. The van der Waals surface area contributed by atoms with Gasteiger partial charge in [-0.05, 0) is 23.8 Å². The fourth-order valence-corrected chi connectivity index (χ4v) is 2.85. The van der Waals surface area contributed by atoms with E-state index in [2.05, 4.69) is 12.1 Å². The summed E-state index contributed by atoms with van der Waals surface area (Å²) in [6.07, 6.45) is 0. The van der Waals surface area contributed by atoms with Gasteiger partial charge in [0.2, 0.25) is 5.91 Å². The van der Waals surface area contributed by atoms with Crippen LogP contribution in [0.2, 0.25) is 0 Å². The zero-order valence-electron chi connectivity index (χ0n) is 10.3. The minimum absolute atomic E-state index is 0.278. The summed E-state index contributed by atoms with van der Waals surface area (Å²) >= 11 is 1.53. The third-order valence-corrected chi connectivity index (χ3v) is 3.98. The molecule has 0 unspecified atom stereocenters. The van der Waals surface area contributed by atoms with Crippen molar-refractivity contribution < 1.29 is 9.21 Å². The molecule has 1 aromatic heterocycles. The standard InChI is InChI=1S/C15H13NO2S/c16-15(17)9-19-8-10-5-6-14-12(7-10)11-3-1-2-4-13(11)18-14/h1-7H,8-9H2,(H2,16,17). The van der Waals surface area contributed by atoms with Crippen LogP contribution >= 0.6 is 11.8 Å². The van der Waals surface area contributed by atoms with Gasteiger partial charge in [0.1, 0.15) is 11.2 Å². The van der Waals surface area contributed by atoms with Gasteiger partial charge in [-0.15, -0.1) is 11.8 Å². The number of thioether (sulfide) groups is 1. The Kier molecular flexibility index (Phi) is 3.17. The molecule has 0 saturated heterocycles. The second-order valence-corrected chi connectivity index (χ2v) is 5.37. The molecule has 0 spiro atoms. The zero-order valence-corrected chi connectivity index (χ0v) is 11.1. The Labute approximate surface area is 114 Å². The molecule has 0 saturated carbocycles. The van der Waals surface area contributed by atoms with Crippen molar-refractivity contribution in [1.29, 1.82) is 0 Å². The Morgan fingerprint density at radius 3 is 2.74 bits per heavy atom. The van der Waals surface area contributed by atoms with Gasteiger partial charge in [-0.25, -0.2) is 0 Å². The predicted octanol–water partition coefficient (Wildman–Crippen LogP) is 3.30. The molecule has 3 aromatic rings. The van der Waals surface area contributed by atoms with Gasteiger partial charge in [-0.3, -0.25) is 4.79 Å². The van der Waals surface area contributed by atoms with Crippen LogP contribution in [0.25, 0.3) is 21.9 Å². The lowest BCUT2D eigenvalue weighted by atomic mass is 10.1. The molecule has 0 aliphatic rings. The minimum Gasteiger partial charge on any atom is -0.456 e. The van der Waals surface area contributed by atoms with Gasteiger partial charge in [-0.1, -0.05) is 24.3 Å². The van der Waals surface area contributed by atoms with Crippen LogP contribution in [-0.2, 0) is 10.5 Å². The van der Waals surface area contributed by atoms with E-state index in [0.29, 0.717) is 5.75 Å². The van der Waals surface area contributed by atoms with E-state index in [1.165, 1.54) is 17.3 Å². The van der Waals surface area contributed by atoms with Gasteiger partial charge in [0.15, 0.2) is 0 Å². The number of para-hydroxylation sites is 1. The maximum Gasteiger partial charge on any atom is 0.227 e. The minimum atomic E-state index is -0.278. The molecule has 2 N–H and O–H groups in total. The fourth-order valence-electron chi connectivity index (χ4n) is 2.13. The Bertz CT molecular complexity index is 748. The third-order valence-electron chi connectivity index (χ3n) is 2.95. The van der Waals surface area contributed by atoms with Crippen LogP contribution in [-0.4, -0.2) is 11.7 Å². The van der Waals surface area contributed by atoms with Crippen molar-refractivity contribution in [3.63, 3.8) is 0 Å². The summed E-state index contributed by atoms with van der Waals surface area (Å²) in [6.45, 7) is 0. The molecule has 2 aromatic carbocycles. The van der Waals surface area contributed by atoms with Crippen LogP contribution in [0, 0.1) is 0 Å². The predicted molar refractivity (Wildman–Crippen MR) is 79.1 cm³/mol. The van der Waals surface area contributed by atoms with Crippen molar-refractivity contribution in [3.8, 4) is 0 Å². The van der Waals surface area contributed by atoms with Crippen LogP contribution in [0.5, 0.6) is 0 Å². The summed E-state index contributed by atoms with van der Waals surface area (Å²) in [7, 11) is 0. The number of amides is 1. The largest absolute Gasteiger partial charge is 0.456 e. The molecule has 0 bridgehead atoms. The van der Waals surface area contributed by atoms with Crippen molar-refractivity contribution in [2.24, 2.45) is 5.73 Å². The quantitative estimate of drug-likeness (QED) is 0.792. The monoisotopic (exact) mass is 271 g/mol. The molecule has 4 heteroatoms. The maximum atomic E-state index is 10.7. The molecule has 0 aliphatic carbocycles. The van der Waals surface area contributed by atoms with Crippen LogP contribution in [0.15, 0.2) is 46.9 Å². The highest BCUT2D eigenvalue weighted by Gasteiger charge is 2.07. The van der Waals surface area contributed by atoms with E-state index in [-0.39, 0.29) is 5.91 Å². The van der Waals surface area contributed by atoms with E-state index in [1.54, 1.807) is 0 Å². The highest BCUT2D eigenvalue weighted by Crippen LogP contribution is 2.29. The van der Waals surface area contributed by atoms with Gasteiger partial charge in [0.05, 0.1) is 5.75 Å². The second kappa shape index (κ2) is 4.97. The number of hydrogen-bond donors (Lipinski definition) is 1. The number of carbonyl (C=O) groups is 1.